The summed E-state index contributed by atoms with van der Waals surface area (Å²) >= 11 is 1.29. The van der Waals surface area contributed by atoms with E-state index < -0.39 is 20.5 Å². The normalized spacial score (nSPS) is 17.8. The summed E-state index contributed by atoms with van der Waals surface area (Å²) in [6.45, 7) is 3.67. The van der Waals surface area contributed by atoms with Gasteiger partial charge in [0.2, 0.25) is 9.84 Å². The Hall–Kier alpha value is -2.37. The minimum absolute atomic E-state index is 0.000391. The van der Waals surface area contributed by atoms with Crippen LogP contribution in [0.15, 0.2) is 39.2 Å². The van der Waals surface area contributed by atoms with E-state index in [1.807, 2.05) is 11.8 Å². The third-order valence-corrected chi connectivity index (χ3v) is 7.12. The number of nitrogens with two attached hydrogens (primary N) is 1. The van der Waals surface area contributed by atoms with Crippen LogP contribution in [0, 0.1) is 5.82 Å². The number of aromatic nitrogens is 3. The molecule has 1 fully saturated rings. The number of fused-ring (bicyclic) bond motifs is 1. The standard InChI is InChI=1S/C18H20FN5O3S2/c1-10-9-24(7-8-27-10)17-14-13(22-18(23-17)28-2)15(16(20)21-14)29(25,26)12-6-4-3-5-11(12)19/h3-6,10,21H,7-9,20H2,1-2H3. The first kappa shape index (κ1) is 19.9. The van der Waals surface area contributed by atoms with Crippen molar-refractivity contribution in [1.29, 1.82) is 0 Å². The number of nitrogens with one attached hydrogen (secondary N) is 1. The summed E-state index contributed by atoms with van der Waals surface area (Å²) < 4.78 is 46.4. The summed E-state index contributed by atoms with van der Waals surface area (Å²) in [6.07, 6.45) is 1.80. The molecule has 11 heteroatoms. The van der Waals surface area contributed by atoms with Gasteiger partial charge in [0, 0.05) is 13.1 Å². The molecule has 1 saturated heterocycles. The SMILES string of the molecule is CSc1nc(N2CCOC(C)C2)c2[nH]c(N)c(S(=O)(=O)c3ccccc3F)c2n1. The van der Waals surface area contributed by atoms with Crippen LogP contribution in [0.3, 0.4) is 0 Å². The maximum absolute atomic E-state index is 14.3. The summed E-state index contributed by atoms with van der Waals surface area (Å²) in [7, 11) is -4.24. The molecule has 3 aromatic rings. The Morgan fingerprint density at radius 2 is 2.10 bits per heavy atom. The van der Waals surface area contributed by atoms with Gasteiger partial charge in [0.25, 0.3) is 0 Å². The quantitative estimate of drug-likeness (QED) is 0.473. The second kappa shape index (κ2) is 7.47. The average molecular weight is 438 g/mol. The molecule has 1 aliphatic heterocycles. The number of rotatable bonds is 4. The lowest BCUT2D eigenvalue weighted by Gasteiger charge is -2.32. The number of morpholine rings is 1. The molecule has 0 saturated carbocycles. The Balaban J connectivity index is 1.96. The number of thioether (sulfide) groups is 1. The van der Waals surface area contributed by atoms with E-state index >= 15 is 0 Å². The van der Waals surface area contributed by atoms with Crippen molar-refractivity contribution in [3.05, 3.63) is 30.1 Å². The molecule has 1 unspecified atom stereocenters. The smallest absolute Gasteiger partial charge is 0.215 e. The first-order valence-electron chi connectivity index (χ1n) is 8.92. The summed E-state index contributed by atoms with van der Waals surface area (Å²) in [4.78, 5) is 13.2. The molecule has 3 N–H and O–H groups in total. The Kier molecular flexibility index (Phi) is 5.13. The van der Waals surface area contributed by atoms with E-state index in [4.69, 9.17) is 10.5 Å². The van der Waals surface area contributed by atoms with Gasteiger partial charge in [0.1, 0.15) is 32.5 Å². The van der Waals surface area contributed by atoms with Crippen LogP contribution in [-0.4, -0.2) is 55.4 Å². The van der Waals surface area contributed by atoms with Crippen molar-refractivity contribution < 1.29 is 17.5 Å². The molecule has 0 aliphatic carbocycles. The number of nitrogen functional groups attached to an aromatic ring is 1. The van der Waals surface area contributed by atoms with Gasteiger partial charge in [-0.3, -0.25) is 0 Å². The van der Waals surface area contributed by atoms with Crippen LogP contribution >= 0.6 is 11.8 Å². The van der Waals surface area contributed by atoms with Crippen molar-refractivity contribution in [2.75, 3.05) is 36.6 Å². The summed E-state index contributed by atoms with van der Waals surface area (Å²) in [5.41, 5.74) is 6.63. The molecular weight excluding hydrogens is 417 g/mol. The fourth-order valence-electron chi connectivity index (χ4n) is 3.40. The number of aromatic amines is 1. The van der Waals surface area contributed by atoms with Gasteiger partial charge < -0.3 is 20.4 Å². The zero-order valence-electron chi connectivity index (χ0n) is 15.8. The molecule has 29 heavy (non-hydrogen) atoms. The third kappa shape index (κ3) is 3.43. The van der Waals surface area contributed by atoms with Gasteiger partial charge >= 0.3 is 0 Å². The van der Waals surface area contributed by atoms with Crippen LogP contribution in [0.25, 0.3) is 11.0 Å². The predicted octanol–water partition coefficient (Wildman–Crippen LogP) is 2.46. The van der Waals surface area contributed by atoms with Gasteiger partial charge in [-0.05, 0) is 25.3 Å². The number of anilines is 2. The van der Waals surface area contributed by atoms with Crippen molar-refractivity contribution >= 4 is 44.3 Å². The number of H-pyrrole nitrogens is 1. The van der Waals surface area contributed by atoms with Gasteiger partial charge in [0.05, 0.1) is 12.7 Å². The van der Waals surface area contributed by atoms with Crippen molar-refractivity contribution in [1.82, 2.24) is 15.0 Å². The highest BCUT2D eigenvalue weighted by molar-refractivity contribution is 7.98. The Bertz CT molecular complexity index is 1180. The maximum atomic E-state index is 14.3. The number of halogens is 1. The molecule has 0 radical (unpaired) electrons. The minimum atomic E-state index is -4.24. The first-order chi connectivity index (χ1) is 13.8. The van der Waals surface area contributed by atoms with E-state index in [1.54, 1.807) is 6.26 Å². The fourth-order valence-corrected chi connectivity index (χ4v) is 5.31. The third-order valence-electron chi connectivity index (χ3n) is 4.71. The van der Waals surface area contributed by atoms with Gasteiger partial charge in [-0.25, -0.2) is 22.8 Å². The van der Waals surface area contributed by atoms with Crippen molar-refractivity contribution in [2.45, 2.75) is 28.0 Å². The lowest BCUT2D eigenvalue weighted by atomic mass is 10.3. The van der Waals surface area contributed by atoms with E-state index in [-0.39, 0.29) is 22.3 Å². The highest BCUT2D eigenvalue weighted by Crippen LogP contribution is 2.37. The van der Waals surface area contributed by atoms with E-state index in [0.29, 0.717) is 36.2 Å². The zero-order valence-corrected chi connectivity index (χ0v) is 17.5. The van der Waals surface area contributed by atoms with Crippen LogP contribution in [-0.2, 0) is 14.6 Å². The molecule has 8 nitrogen and oxygen atoms in total. The largest absolute Gasteiger partial charge is 0.384 e. The predicted molar refractivity (Wildman–Crippen MR) is 110 cm³/mol. The number of hydrogen-bond donors (Lipinski definition) is 2. The molecule has 0 amide bonds. The average Bonchev–Trinajstić information content (AvgIpc) is 3.03. The highest BCUT2D eigenvalue weighted by atomic mass is 32.2. The molecule has 2 aromatic heterocycles. The van der Waals surface area contributed by atoms with E-state index in [1.165, 1.54) is 30.0 Å². The van der Waals surface area contributed by atoms with Gasteiger partial charge in [-0.1, -0.05) is 23.9 Å². The highest BCUT2D eigenvalue weighted by Gasteiger charge is 2.32. The number of sulfone groups is 1. The van der Waals surface area contributed by atoms with Crippen molar-refractivity contribution in [3.63, 3.8) is 0 Å². The maximum Gasteiger partial charge on any atom is 0.215 e. The van der Waals surface area contributed by atoms with Crippen molar-refractivity contribution in [3.8, 4) is 0 Å². The van der Waals surface area contributed by atoms with Crippen LogP contribution in [0.1, 0.15) is 6.92 Å². The van der Waals surface area contributed by atoms with E-state index in [0.717, 1.165) is 6.07 Å². The Morgan fingerprint density at radius 1 is 1.34 bits per heavy atom. The lowest BCUT2D eigenvalue weighted by molar-refractivity contribution is 0.0530. The van der Waals surface area contributed by atoms with Crippen LogP contribution in [0.5, 0.6) is 0 Å². The second-order valence-electron chi connectivity index (χ2n) is 6.69. The molecular formula is C18H20FN5O3S2. The molecule has 0 bridgehead atoms. The molecule has 1 aromatic carbocycles. The number of ether oxygens (including phenoxy) is 1. The minimum Gasteiger partial charge on any atom is -0.384 e. The van der Waals surface area contributed by atoms with Crippen molar-refractivity contribution in [2.24, 2.45) is 0 Å². The lowest BCUT2D eigenvalue weighted by Crippen LogP contribution is -2.41. The first-order valence-corrected chi connectivity index (χ1v) is 11.6. The summed E-state index contributed by atoms with van der Waals surface area (Å²) in [5, 5.41) is 0.399. The fraction of sp³-hybridized carbons (Fsp3) is 0.333. The number of benzene rings is 1. The van der Waals surface area contributed by atoms with Gasteiger partial charge in [-0.2, -0.15) is 0 Å². The van der Waals surface area contributed by atoms with Gasteiger partial charge in [-0.15, -0.1) is 0 Å². The Labute approximate surface area is 171 Å². The van der Waals surface area contributed by atoms with Crippen LogP contribution < -0.4 is 10.6 Å². The molecule has 4 rings (SSSR count). The van der Waals surface area contributed by atoms with Crippen LogP contribution in [0.4, 0.5) is 16.0 Å². The van der Waals surface area contributed by atoms with E-state index in [2.05, 4.69) is 15.0 Å². The van der Waals surface area contributed by atoms with Gasteiger partial charge in [0.15, 0.2) is 11.0 Å². The summed E-state index contributed by atoms with van der Waals surface area (Å²) in [6, 6.07) is 5.20. The second-order valence-corrected chi connectivity index (χ2v) is 9.31. The zero-order chi connectivity index (χ0) is 20.8. The van der Waals surface area contributed by atoms with E-state index in [9.17, 15) is 12.8 Å². The topological polar surface area (TPSA) is 114 Å². The molecule has 1 aliphatic rings. The monoisotopic (exact) mass is 437 g/mol. The number of hydrogen-bond acceptors (Lipinski definition) is 8. The molecule has 3 heterocycles. The summed E-state index contributed by atoms with van der Waals surface area (Å²) in [5.74, 6) is -0.392. The number of nitrogens with zero attached hydrogens (tertiary/aromatic N) is 3. The molecule has 154 valence electrons. The molecule has 1 atom stereocenters. The Morgan fingerprint density at radius 3 is 2.79 bits per heavy atom. The van der Waals surface area contributed by atoms with Crippen LogP contribution in [0.2, 0.25) is 0 Å². The molecule has 0 spiro atoms.